The molecule has 0 fully saturated rings. The van der Waals surface area contributed by atoms with E-state index in [0.29, 0.717) is 27.6 Å². The molecule has 0 bridgehead atoms. The Kier molecular flexibility index (Phi) is 3.87. The van der Waals surface area contributed by atoms with Crippen molar-refractivity contribution in [2.24, 2.45) is 0 Å². The fraction of sp³-hybridized carbons (Fsp3) is 0.133. The third-order valence-electron chi connectivity index (χ3n) is 2.86. The quantitative estimate of drug-likeness (QED) is 0.544. The highest BCUT2D eigenvalue weighted by Crippen LogP contribution is 2.26. The van der Waals surface area contributed by atoms with E-state index in [0.717, 1.165) is 5.69 Å². The largest absolute Gasteiger partial charge is 0.465 e. The zero-order valence-corrected chi connectivity index (χ0v) is 12.1. The molecule has 0 radical (unpaired) electrons. The molecule has 0 atom stereocenters. The Balaban J connectivity index is 1.79. The Morgan fingerprint density at radius 1 is 1.33 bits per heavy atom. The molecular weight excluding hydrogens is 288 g/mol. The minimum atomic E-state index is -0.386. The summed E-state index contributed by atoms with van der Waals surface area (Å²) in [5.74, 6) is 0.292. The lowest BCUT2D eigenvalue weighted by Crippen LogP contribution is -2.00. The van der Waals surface area contributed by atoms with Crippen molar-refractivity contribution in [3.05, 3.63) is 53.9 Å². The number of carbonyl (C=O) groups is 1. The van der Waals surface area contributed by atoms with Crippen molar-refractivity contribution in [3.63, 3.8) is 0 Å². The smallest absolute Gasteiger partial charge is 0.337 e. The molecule has 0 aliphatic rings. The first-order valence-corrected chi connectivity index (χ1v) is 7.26. The lowest BCUT2D eigenvalue weighted by atomic mass is 10.2. The van der Waals surface area contributed by atoms with Crippen LogP contribution < -0.4 is 0 Å². The van der Waals surface area contributed by atoms with Gasteiger partial charge in [0.1, 0.15) is 5.52 Å². The van der Waals surface area contributed by atoms with Crippen molar-refractivity contribution in [3.8, 4) is 0 Å². The summed E-state index contributed by atoms with van der Waals surface area (Å²) in [5.41, 5.74) is 2.70. The summed E-state index contributed by atoms with van der Waals surface area (Å²) in [6, 6.07) is 10.8. The van der Waals surface area contributed by atoms with E-state index in [2.05, 4.69) is 14.7 Å². The summed E-state index contributed by atoms with van der Waals surface area (Å²) < 4.78 is 10.3. The maximum absolute atomic E-state index is 11.5. The number of methoxy groups -OCH3 is 1. The second-order valence-electron chi connectivity index (χ2n) is 4.26. The maximum Gasteiger partial charge on any atom is 0.337 e. The molecule has 21 heavy (non-hydrogen) atoms. The molecule has 1 aromatic carbocycles. The van der Waals surface area contributed by atoms with Crippen LogP contribution in [0.5, 0.6) is 0 Å². The second-order valence-corrected chi connectivity index (χ2v) is 5.19. The predicted octanol–water partition coefficient (Wildman–Crippen LogP) is 3.30. The Morgan fingerprint density at radius 2 is 2.24 bits per heavy atom. The topological polar surface area (TPSA) is 65.2 Å². The van der Waals surface area contributed by atoms with Gasteiger partial charge in [-0.25, -0.2) is 9.78 Å². The molecule has 6 heteroatoms. The monoisotopic (exact) mass is 300 g/mol. The van der Waals surface area contributed by atoms with Crippen LogP contribution in [-0.4, -0.2) is 23.0 Å². The number of hydrogen-bond donors (Lipinski definition) is 0. The van der Waals surface area contributed by atoms with Gasteiger partial charge in [0.05, 0.1) is 18.4 Å². The maximum atomic E-state index is 11.5. The standard InChI is InChI=1S/C15H12N2O3S/c1-19-14(18)10-5-6-13-12(8-10)17-15(20-13)21-9-11-4-2-3-7-16-11/h2-8H,9H2,1H3. The van der Waals surface area contributed by atoms with E-state index in [-0.39, 0.29) is 5.97 Å². The molecule has 0 spiro atoms. The zero-order chi connectivity index (χ0) is 14.7. The average molecular weight is 300 g/mol. The number of ether oxygens (including phenoxy) is 1. The van der Waals surface area contributed by atoms with E-state index < -0.39 is 0 Å². The van der Waals surface area contributed by atoms with E-state index >= 15 is 0 Å². The summed E-state index contributed by atoms with van der Waals surface area (Å²) in [5, 5.41) is 0.553. The van der Waals surface area contributed by atoms with E-state index in [4.69, 9.17) is 4.42 Å². The summed E-state index contributed by atoms with van der Waals surface area (Å²) in [4.78, 5) is 20.1. The van der Waals surface area contributed by atoms with Crippen LogP contribution in [0.25, 0.3) is 11.1 Å². The van der Waals surface area contributed by atoms with Gasteiger partial charge in [-0.2, -0.15) is 0 Å². The first kappa shape index (κ1) is 13.6. The fourth-order valence-electron chi connectivity index (χ4n) is 1.83. The number of thioether (sulfide) groups is 1. The van der Waals surface area contributed by atoms with Gasteiger partial charge >= 0.3 is 5.97 Å². The van der Waals surface area contributed by atoms with Gasteiger partial charge in [0, 0.05) is 11.9 Å². The van der Waals surface area contributed by atoms with Crippen molar-refractivity contribution in [2.75, 3.05) is 7.11 Å². The lowest BCUT2D eigenvalue weighted by molar-refractivity contribution is 0.0601. The van der Waals surface area contributed by atoms with Gasteiger partial charge in [-0.1, -0.05) is 17.8 Å². The Labute approximate surface area is 125 Å². The van der Waals surface area contributed by atoms with Crippen molar-refractivity contribution in [2.45, 2.75) is 11.0 Å². The van der Waals surface area contributed by atoms with Crippen LogP contribution in [0.15, 0.2) is 52.2 Å². The third kappa shape index (κ3) is 3.05. The molecule has 3 aromatic rings. The van der Waals surface area contributed by atoms with Crippen molar-refractivity contribution in [1.29, 1.82) is 0 Å². The summed E-state index contributed by atoms with van der Waals surface area (Å²) in [6.45, 7) is 0. The van der Waals surface area contributed by atoms with Crippen LogP contribution in [0.2, 0.25) is 0 Å². The fourth-order valence-corrected chi connectivity index (χ4v) is 2.59. The van der Waals surface area contributed by atoms with Crippen molar-refractivity contribution < 1.29 is 13.9 Å². The number of hydrogen-bond acceptors (Lipinski definition) is 6. The van der Waals surface area contributed by atoms with E-state index in [1.54, 1.807) is 24.4 Å². The summed E-state index contributed by atoms with van der Waals surface area (Å²) in [6.07, 6.45) is 1.75. The van der Waals surface area contributed by atoms with Gasteiger partial charge < -0.3 is 9.15 Å². The Hall–Kier alpha value is -2.34. The number of oxazole rings is 1. The number of carbonyl (C=O) groups excluding carboxylic acids is 1. The van der Waals surface area contributed by atoms with Crippen LogP contribution in [0.1, 0.15) is 16.1 Å². The van der Waals surface area contributed by atoms with Gasteiger partial charge in [-0.3, -0.25) is 4.98 Å². The molecule has 0 aliphatic heterocycles. The molecule has 0 N–H and O–H groups in total. The number of aromatic nitrogens is 2. The molecular formula is C15H12N2O3S. The summed E-state index contributed by atoms with van der Waals surface area (Å²) in [7, 11) is 1.35. The first-order chi connectivity index (χ1) is 10.3. The van der Waals surface area contributed by atoms with Crippen molar-refractivity contribution >= 4 is 28.8 Å². The lowest BCUT2D eigenvalue weighted by Gasteiger charge is -1.96. The number of benzene rings is 1. The highest BCUT2D eigenvalue weighted by molar-refractivity contribution is 7.98. The molecule has 0 saturated carbocycles. The zero-order valence-electron chi connectivity index (χ0n) is 11.3. The normalized spacial score (nSPS) is 10.7. The van der Waals surface area contributed by atoms with Gasteiger partial charge in [0.25, 0.3) is 5.22 Å². The third-order valence-corrected chi connectivity index (χ3v) is 3.72. The molecule has 0 aliphatic carbocycles. The van der Waals surface area contributed by atoms with Crippen LogP contribution in [0.4, 0.5) is 0 Å². The number of esters is 1. The summed E-state index contributed by atoms with van der Waals surface area (Å²) >= 11 is 1.46. The van der Waals surface area contributed by atoms with Gasteiger partial charge in [-0.15, -0.1) is 0 Å². The SMILES string of the molecule is COC(=O)c1ccc2oc(SCc3ccccn3)nc2c1. The van der Waals surface area contributed by atoms with Gasteiger partial charge in [0.15, 0.2) is 5.58 Å². The van der Waals surface area contributed by atoms with Gasteiger partial charge in [-0.05, 0) is 30.3 Å². The van der Waals surface area contributed by atoms with Crippen LogP contribution in [-0.2, 0) is 10.5 Å². The van der Waals surface area contributed by atoms with Crippen LogP contribution in [0, 0.1) is 0 Å². The first-order valence-electron chi connectivity index (χ1n) is 6.28. The number of fused-ring (bicyclic) bond motifs is 1. The number of nitrogens with zero attached hydrogens (tertiary/aromatic N) is 2. The van der Waals surface area contributed by atoms with E-state index in [9.17, 15) is 4.79 Å². The Morgan fingerprint density at radius 3 is 3.00 bits per heavy atom. The molecule has 5 nitrogen and oxygen atoms in total. The van der Waals surface area contributed by atoms with Gasteiger partial charge in [0.2, 0.25) is 0 Å². The molecule has 106 valence electrons. The minimum absolute atomic E-state index is 0.386. The van der Waals surface area contributed by atoms with Crippen molar-refractivity contribution in [1.82, 2.24) is 9.97 Å². The molecule has 0 unspecified atom stereocenters. The second kappa shape index (κ2) is 5.97. The molecule has 2 heterocycles. The van der Waals surface area contributed by atoms with Crippen LogP contribution >= 0.6 is 11.8 Å². The highest BCUT2D eigenvalue weighted by atomic mass is 32.2. The molecule has 3 rings (SSSR count). The Bertz CT molecular complexity index is 771. The molecule has 0 amide bonds. The predicted molar refractivity (Wildman–Crippen MR) is 79.1 cm³/mol. The molecule has 0 saturated heterocycles. The number of pyridine rings is 1. The van der Waals surface area contributed by atoms with Crippen LogP contribution in [0.3, 0.4) is 0 Å². The minimum Gasteiger partial charge on any atom is -0.465 e. The van der Waals surface area contributed by atoms with E-state index in [1.807, 2.05) is 18.2 Å². The number of rotatable bonds is 4. The average Bonchev–Trinajstić information content (AvgIpc) is 2.95. The van der Waals surface area contributed by atoms with E-state index in [1.165, 1.54) is 18.9 Å². The molecule has 2 aromatic heterocycles. The highest BCUT2D eigenvalue weighted by Gasteiger charge is 2.11.